The molecule has 3 aromatic rings. The lowest BCUT2D eigenvalue weighted by molar-refractivity contribution is -0.0657. The summed E-state index contributed by atoms with van der Waals surface area (Å²) in [6, 6.07) is 14.0. The van der Waals surface area contributed by atoms with Gasteiger partial charge in [0.05, 0.1) is 36.1 Å². The van der Waals surface area contributed by atoms with Crippen molar-refractivity contribution >= 4 is 10.0 Å². The quantitative estimate of drug-likeness (QED) is 0.401. The molecule has 6 atom stereocenters. The number of aliphatic hydroxyl groups excluding tert-OH is 1. The highest BCUT2D eigenvalue weighted by Gasteiger charge is 2.49. The SMILES string of the molecule is CCC1([C@H](O)C[C@@H]2c3c(F)cccc3-c3cncn32)CC2CCC(NS(=O)(=O)Cc3ccccc3)C(C2)C1. The summed E-state index contributed by atoms with van der Waals surface area (Å²) in [5.74, 6) is 0.373. The summed E-state index contributed by atoms with van der Waals surface area (Å²) >= 11 is 0. The Labute approximate surface area is 224 Å². The van der Waals surface area contributed by atoms with Crippen LogP contribution >= 0.6 is 0 Å². The van der Waals surface area contributed by atoms with Crippen LogP contribution in [0.5, 0.6) is 0 Å². The van der Waals surface area contributed by atoms with Crippen molar-refractivity contribution in [2.75, 3.05) is 0 Å². The van der Waals surface area contributed by atoms with Gasteiger partial charge in [-0.15, -0.1) is 0 Å². The molecule has 0 radical (unpaired) electrons. The molecule has 2 N–H and O–H groups in total. The fourth-order valence-corrected chi connectivity index (χ4v) is 9.15. The van der Waals surface area contributed by atoms with Gasteiger partial charge in [0, 0.05) is 17.2 Å². The summed E-state index contributed by atoms with van der Waals surface area (Å²) in [4.78, 5) is 4.29. The minimum atomic E-state index is -3.48. The zero-order chi connectivity index (χ0) is 26.5. The van der Waals surface area contributed by atoms with E-state index in [0.29, 0.717) is 17.9 Å². The van der Waals surface area contributed by atoms with Gasteiger partial charge in [0.1, 0.15) is 5.82 Å². The highest BCUT2D eigenvalue weighted by molar-refractivity contribution is 7.88. The Morgan fingerprint density at radius 2 is 1.97 bits per heavy atom. The predicted molar refractivity (Wildman–Crippen MR) is 145 cm³/mol. The van der Waals surface area contributed by atoms with E-state index in [2.05, 4.69) is 16.6 Å². The molecule has 2 heterocycles. The molecule has 2 fully saturated rings. The van der Waals surface area contributed by atoms with E-state index < -0.39 is 16.1 Å². The van der Waals surface area contributed by atoms with Crippen molar-refractivity contribution in [1.82, 2.24) is 14.3 Å². The number of rotatable bonds is 8. The van der Waals surface area contributed by atoms with E-state index in [-0.39, 0.29) is 35.0 Å². The average molecular weight is 538 g/mol. The summed E-state index contributed by atoms with van der Waals surface area (Å²) in [6.07, 6.45) is 8.55. The van der Waals surface area contributed by atoms with Crippen LogP contribution in [0.2, 0.25) is 0 Å². The third kappa shape index (κ3) is 4.61. The van der Waals surface area contributed by atoms with Crippen molar-refractivity contribution < 1.29 is 17.9 Å². The molecule has 202 valence electrons. The highest BCUT2D eigenvalue weighted by atomic mass is 32.2. The first kappa shape index (κ1) is 25.7. The monoisotopic (exact) mass is 537 g/mol. The minimum absolute atomic E-state index is 0.0259. The van der Waals surface area contributed by atoms with Gasteiger partial charge in [-0.3, -0.25) is 0 Å². The number of hydrogen-bond donors (Lipinski definition) is 2. The lowest BCUT2D eigenvalue weighted by Gasteiger charge is -2.52. The van der Waals surface area contributed by atoms with Crippen molar-refractivity contribution in [3.63, 3.8) is 0 Å². The molecule has 2 bridgehead atoms. The molecule has 2 aromatic carbocycles. The van der Waals surface area contributed by atoms with Crippen molar-refractivity contribution in [3.8, 4) is 11.3 Å². The molecule has 6 rings (SSSR count). The number of aliphatic hydroxyl groups is 1. The van der Waals surface area contributed by atoms with Gasteiger partial charge >= 0.3 is 0 Å². The van der Waals surface area contributed by atoms with Crippen LogP contribution in [-0.2, 0) is 15.8 Å². The largest absolute Gasteiger partial charge is 0.392 e. The van der Waals surface area contributed by atoms with Crippen LogP contribution in [0.3, 0.4) is 0 Å². The van der Waals surface area contributed by atoms with Crippen LogP contribution in [0.1, 0.15) is 69.0 Å². The highest BCUT2D eigenvalue weighted by Crippen LogP contribution is 2.54. The Kier molecular flexibility index (Phi) is 6.69. The van der Waals surface area contributed by atoms with Gasteiger partial charge in [-0.2, -0.15) is 0 Å². The standard InChI is InChI=1S/C30H36FN3O3S/c1-2-30(28(35)14-26-29-23(9-6-10-24(29)31)27-17-32-19-34(26)27)15-21-11-12-25(22(13-21)16-30)33-38(36,37)18-20-7-4-3-5-8-20/h3-10,17,19,21-22,25-26,28,33,35H,2,11-16,18H2,1H3/t21?,22?,25?,26-,28-,30?/m1/s1. The third-order valence-corrected chi connectivity index (χ3v) is 10.9. The Balaban J connectivity index is 1.21. The van der Waals surface area contributed by atoms with Crippen LogP contribution < -0.4 is 4.72 Å². The van der Waals surface area contributed by atoms with Gasteiger partial charge in [-0.1, -0.05) is 49.4 Å². The average Bonchev–Trinajstić information content (AvgIpc) is 3.49. The number of imidazole rings is 1. The van der Waals surface area contributed by atoms with Gasteiger partial charge < -0.3 is 9.67 Å². The fraction of sp³-hybridized carbons (Fsp3) is 0.500. The van der Waals surface area contributed by atoms with E-state index in [1.807, 2.05) is 41.0 Å². The second-order valence-corrected chi connectivity index (χ2v) is 13.4. The van der Waals surface area contributed by atoms with E-state index in [9.17, 15) is 13.5 Å². The number of halogens is 1. The van der Waals surface area contributed by atoms with Gasteiger partial charge in [0.25, 0.3) is 0 Å². The van der Waals surface area contributed by atoms with Crippen LogP contribution in [0, 0.1) is 23.1 Å². The molecule has 1 aliphatic heterocycles. The summed E-state index contributed by atoms with van der Waals surface area (Å²) in [5, 5.41) is 11.8. The number of nitrogens with one attached hydrogen (secondary N) is 1. The Morgan fingerprint density at radius 3 is 2.76 bits per heavy atom. The molecule has 6 nitrogen and oxygen atoms in total. The number of fused-ring (bicyclic) bond motifs is 5. The summed E-state index contributed by atoms with van der Waals surface area (Å²) in [5.41, 5.74) is 2.82. The van der Waals surface area contributed by atoms with E-state index in [1.165, 1.54) is 6.07 Å². The van der Waals surface area contributed by atoms with Gasteiger partial charge in [0.15, 0.2) is 0 Å². The molecule has 0 spiro atoms. The lowest BCUT2D eigenvalue weighted by Crippen LogP contribution is -2.52. The van der Waals surface area contributed by atoms with Crippen molar-refractivity contribution in [2.24, 2.45) is 17.3 Å². The molecule has 2 saturated carbocycles. The molecule has 0 amide bonds. The Hall–Kier alpha value is -2.55. The van der Waals surface area contributed by atoms with Crippen LogP contribution in [0.4, 0.5) is 4.39 Å². The molecule has 38 heavy (non-hydrogen) atoms. The predicted octanol–water partition coefficient (Wildman–Crippen LogP) is 5.44. The number of sulfonamides is 1. The normalized spacial score (nSPS) is 29.0. The Bertz CT molecular complexity index is 1410. The first-order chi connectivity index (χ1) is 18.3. The Morgan fingerprint density at radius 1 is 1.16 bits per heavy atom. The first-order valence-electron chi connectivity index (χ1n) is 13.8. The van der Waals surface area contributed by atoms with E-state index in [4.69, 9.17) is 0 Å². The third-order valence-electron chi connectivity index (χ3n) is 9.51. The fourth-order valence-electron chi connectivity index (χ4n) is 7.66. The summed E-state index contributed by atoms with van der Waals surface area (Å²) in [7, 11) is -3.48. The van der Waals surface area contributed by atoms with E-state index >= 15 is 4.39 Å². The zero-order valence-corrected chi connectivity index (χ0v) is 22.6. The van der Waals surface area contributed by atoms with Crippen LogP contribution in [0.25, 0.3) is 11.3 Å². The molecule has 8 heteroatoms. The van der Waals surface area contributed by atoms with E-state index in [1.54, 1.807) is 18.6 Å². The molecule has 2 aliphatic carbocycles. The number of benzene rings is 2. The maximum Gasteiger partial charge on any atom is 0.216 e. The maximum absolute atomic E-state index is 15.0. The van der Waals surface area contributed by atoms with Crippen molar-refractivity contribution in [1.29, 1.82) is 0 Å². The van der Waals surface area contributed by atoms with Crippen molar-refractivity contribution in [2.45, 2.75) is 75.8 Å². The maximum atomic E-state index is 15.0. The minimum Gasteiger partial charge on any atom is -0.392 e. The van der Waals surface area contributed by atoms with Gasteiger partial charge in [0.2, 0.25) is 10.0 Å². The molecular weight excluding hydrogens is 501 g/mol. The van der Waals surface area contributed by atoms with Crippen LogP contribution in [0.15, 0.2) is 61.1 Å². The topological polar surface area (TPSA) is 84.2 Å². The second kappa shape index (κ2) is 9.88. The molecule has 1 aromatic heterocycles. The number of hydrogen-bond acceptors (Lipinski definition) is 4. The molecule has 3 aliphatic rings. The molecule has 4 unspecified atom stereocenters. The van der Waals surface area contributed by atoms with Crippen molar-refractivity contribution in [3.05, 3.63) is 78.0 Å². The molecular formula is C30H36FN3O3S. The van der Waals surface area contributed by atoms with Crippen LogP contribution in [-0.4, -0.2) is 35.2 Å². The smallest absolute Gasteiger partial charge is 0.216 e. The summed E-state index contributed by atoms with van der Waals surface area (Å²) < 4.78 is 46.2. The van der Waals surface area contributed by atoms with Gasteiger partial charge in [-0.05, 0) is 73.8 Å². The second-order valence-electron chi connectivity index (χ2n) is 11.7. The van der Waals surface area contributed by atoms with Gasteiger partial charge in [-0.25, -0.2) is 22.5 Å². The zero-order valence-electron chi connectivity index (χ0n) is 21.8. The number of aromatic nitrogens is 2. The lowest BCUT2D eigenvalue weighted by atomic mass is 9.56. The molecule has 0 saturated heterocycles. The first-order valence-corrected chi connectivity index (χ1v) is 15.5. The van der Waals surface area contributed by atoms with E-state index in [0.717, 1.165) is 55.3 Å². The number of nitrogens with zero attached hydrogens (tertiary/aromatic N) is 2. The summed E-state index contributed by atoms with van der Waals surface area (Å²) in [6.45, 7) is 2.13.